The van der Waals surface area contributed by atoms with Crippen molar-refractivity contribution in [3.63, 3.8) is 0 Å². The van der Waals surface area contributed by atoms with Gasteiger partial charge in [0.05, 0.1) is 6.04 Å². The van der Waals surface area contributed by atoms with E-state index in [1.165, 1.54) is 11.1 Å². The van der Waals surface area contributed by atoms with Crippen molar-refractivity contribution in [3.05, 3.63) is 53.3 Å². The monoisotopic (exact) mass is 326 g/mol. The Kier molecular flexibility index (Phi) is 5.30. The smallest absolute Gasteiger partial charge is 0.271 e. The van der Waals surface area contributed by atoms with Gasteiger partial charge < -0.3 is 10.6 Å². The fraction of sp³-hybridized carbons (Fsp3) is 0.474. The summed E-state index contributed by atoms with van der Waals surface area (Å²) in [5.41, 5.74) is 2.98. The number of carbonyl (C=O) groups is 1. The number of nitrogens with zero attached hydrogens (tertiary/aromatic N) is 2. The van der Waals surface area contributed by atoms with Gasteiger partial charge in [0.25, 0.3) is 5.91 Å². The Morgan fingerprint density at radius 3 is 2.88 bits per heavy atom. The van der Waals surface area contributed by atoms with Crippen LogP contribution in [0.1, 0.15) is 53.3 Å². The van der Waals surface area contributed by atoms with Crippen molar-refractivity contribution in [1.29, 1.82) is 0 Å². The molecule has 2 atom stereocenters. The second-order valence-electron chi connectivity index (χ2n) is 6.70. The van der Waals surface area contributed by atoms with E-state index in [4.69, 9.17) is 0 Å². The standard InChI is InChI=1S/C19H26N4O/c1-14-5-7-16(8-6-14)15(2)12-21-19(24)18-9-11-23(22-18)17-4-3-10-20-13-17/h5-9,11,15,17,20H,3-4,10,12-13H2,1-2H3,(H,21,24). The van der Waals surface area contributed by atoms with Crippen LogP contribution in [0.4, 0.5) is 0 Å². The molecule has 1 saturated heterocycles. The van der Waals surface area contributed by atoms with Crippen LogP contribution in [0.25, 0.3) is 0 Å². The molecule has 0 saturated carbocycles. The Labute approximate surface area is 143 Å². The lowest BCUT2D eigenvalue weighted by atomic mass is 10.00. The van der Waals surface area contributed by atoms with Gasteiger partial charge in [-0.2, -0.15) is 5.10 Å². The Bertz CT molecular complexity index is 671. The minimum atomic E-state index is -0.100. The first-order valence-electron chi connectivity index (χ1n) is 8.74. The van der Waals surface area contributed by atoms with E-state index < -0.39 is 0 Å². The summed E-state index contributed by atoms with van der Waals surface area (Å²) in [6, 6.07) is 10.6. The average Bonchev–Trinajstić information content (AvgIpc) is 3.11. The summed E-state index contributed by atoms with van der Waals surface area (Å²) >= 11 is 0. The molecule has 5 heteroatoms. The zero-order valence-electron chi connectivity index (χ0n) is 14.5. The number of amides is 1. The normalized spacial score (nSPS) is 19.0. The molecule has 2 unspecified atom stereocenters. The van der Waals surface area contributed by atoms with Gasteiger partial charge in [-0.1, -0.05) is 36.8 Å². The van der Waals surface area contributed by atoms with E-state index in [0.29, 0.717) is 18.3 Å². The van der Waals surface area contributed by atoms with Crippen LogP contribution in [0, 0.1) is 6.92 Å². The highest BCUT2D eigenvalue weighted by Crippen LogP contribution is 2.17. The molecule has 2 N–H and O–H groups in total. The highest BCUT2D eigenvalue weighted by molar-refractivity contribution is 5.92. The highest BCUT2D eigenvalue weighted by Gasteiger charge is 2.18. The third-order valence-corrected chi connectivity index (χ3v) is 4.70. The topological polar surface area (TPSA) is 59.0 Å². The largest absolute Gasteiger partial charge is 0.350 e. The van der Waals surface area contributed by atoms with Gasteiger partial charge in [-0.25, -0.2) is 0 Å². The predicted molar refractivity (Wildman–Crippen MR) is 95.3 cm³/mol. The fourth-order valence-corrected chi connectivity index (χ4v) is 3.07. The Balaban J connectivity index is 1.55. The van der Waals surface area contributed by atoms with Gasteiger partial charge >= 0.3 is 0 Å². The number of piperidine rings is 1. The first-order chi connectivity index (χ1) is 11.6. The molecule has 3 rings (SSSR count). The van der Waals surface area contributed by atoms with Crippen molar-refractivity contribution in [1.82, 2.24) is 20.4 Å². The number of hydrogen-bond acceptors (Lipinski definition) is 3. The van der Waals surface area contributed by atoms with E-state index in [1.807, 2.05) is 10.9 Å². The molecule has 128 valence electrons. The van der Waals surface area contributed by atoms with Gasteiger partial charge in [-0.15, -0.1) is 0 Å². The molecule has 2 aromatic rings. The Morgan fingerprint density at radius 1 is 1.38 bits per heavy atom. The maximum atomic E-state index is 12.3. The summed E-state index contributed by atoms with van der Waals surface area (Å²) in [6.45, 7) is 6.81. The molecule has 1 amide bonds. The summed E-state index contributed by atoms with van der Waals surface area (Å²) in [5.74, 6) is 0.177. The Hall–Kier alpha value is -2.14. The van der Waals surface area contributed by atoms with Crippen LogP contribution in [0.2, 0.25) is 0 Å². The van der Waals surface area contributed by atoms with Gasteiger partial charge in [0, 0.05) is 19.3 Å². The summed E-state index contributed by atoms with van der Waals surface area (Å²) in [6.07, 6.45) is 4.18. The van der Waals surface area contributed by atoms with Crippen LogP contribution in [-0.4, -0.2) is 35.3 Å². The lowest BCUT2D eigenvalue weighted by molar-refractivity contribution is 0.0945. The average molecular weight is 326 g/mol. The minimum Gasteiger partial charge on any atom is -0.350 e. The molecular weight excluding hydrogens is 300 g/mol. The second-order valence-corrected chi connectivity index (χ2v) is 6.70. The molecular formula is C19H26N4O. The maximum absolute atomic E-state index is 12.3. The first kappa shape index (κ1) is 16.7. The summed E-state index contributed by atoms with van der Waals surface area (Å²) < 4.78 is 1.92. The molecule has 5 nitrogen and oxygen atoms in total. The number of rotatable bonds is 5. The maximum Gasteiger partial charge on any atom is 0.271 e. The van der Waals surface area contributed by atoms with Crippen LogP contribution in [0.3, 0.4) is 0 Å². The van der Waals surface area contributed by atoms with E-state index in [9.17, 15) is 4.79 Å². The van der Waals surface area contributed by atoms with E-state index in [0.717, 1.165) is 25.9 Å². The van der Waals surface area contributed by atoms with E-state index >= 15 is 0 Å². The predicted octanol–water partition coefficient (Wildman–Crippen LogP) is 2.65. The second kappa shape index (κ2) is 7.62. The van der Waals surface area contributed by atoms with Gasteiger partial charge in [-0.05, 0) is 43.9 Å². The molecule has 1 aromatic carbocycles. The SMILES string of the molecule is Cc1ccc(C(C)CNC(=O)c2ccn(C3CCCNC3)n2)cc1. The van der Waals surface area contributed by atoms with Crippen LogP contribution >= 0.6 is 0 Å². The fourth-order valence-electron chi connectivity index (χ4n) is 3.07. The van der Waals surface area contributed by atoms with E-state index in [1.54, 1.807) is 6.07 Å². The number of nitrogens with one attached hydrogen (secondary N) is 2. The van der Waals surface area contributed by atoms with Gasteiger partial charge in [-0.3, -0.25) is 9.48 Å². The van der Waals surface area contributed by atoms with E-state index in [2.05, 4.69) is 53.8 Å². The van der Waals surface area contributed by atoms with Crippen molar-refractivity contribution in [2.24, 2.45) is 0 Å². The zero-order chi connectivity index (χ0) is 16.9. The molecule has 1 aliphatic rings. The molecule has 0 aliphatic carbocycles. The molecule has 0 radical (unpaired) electrons. The first-order valence-corrected chi connectivity index (χ1v) is 8.74. The molecule has 1 fully saturated rings. The highest BCUT2D eigenvalue weighted by atomic mass is 16.1. The van der Waals surface area contributed by atoms with Crippen molar-refractivity contribution in [2.45, 2.75) is 38.6 Å². The van der Waals surface area contributed by atoms with Gasteiger partial charge in [0.1, 0.15) is 5.69 Å². The lowest BCUT2D eigenvalue weighted by Crippen LogP contribution is -2.32. The van der Waals surface area contributed by atoms with Gasteiger partial charge in [0.2, 0.25) is 0 Å². The molecule has 24 heavy (non-hydrogen) atoms. The van der Waals surface area contributed by atoms with Crippen molar-refractivity contribution in [3.8, 4) is 0 Å². The zero-order valence-corrected chi connectivity index (χ0v) is 14.5. The number of aryl methyl sites for hydroxylation is 1. The van der Waals surface area contributed by atoms with Crippen LogP contribution in [0.5, 0.6) is 0 Å². The molecule has 0 spiro atoms. The van der Waals surface area contributed by atoms with Crippen molar-refractivity contribution >= 4 is 5.91 Å². The van der Waals surface area contributed by atoms with Crippen molar-refractivity contribution < 1.29 is 4.79 Å². The third-order valence-electron chi connectivity index (χ3n) is 4.70. The quantitative estimate of drug-likeness (QED) is 0.888. The third kappa shape index (κ3) is 4.03. The number of carbonyl (C=O) groups excluding carboxylic acids is 1. The number of aromatic nitrogens is 2. The summed E-state index contributed by atoms with van der Waals surface area (Å²) in [5, 5.41) is 10.8. The Morgan fingerprint density at radius 2 is 2.17 bits per heavy atom. The lowest BCUT2D eigenvalue weighted by Gasteiger charge is -2.22. The number of hydrogen-bond donors (Lipinski definition) is 2. The molecule has 0 bridgehead atoms. The molecule has 2 heterocycles. The minimum absolute atomic E-state index is 0.100. The van der Waals surface area contributed by atoms with E-state index in [-0.39, 0.29) is 11.8 Å². The molecule has 1 aliphatic heterocycles. The number of benzene rings is 1. The molecule has 1 aromatic heterocycles. The van der Waals surface area contributed by atoms with Crippen LogP contribution in [-0.2, 0) is 0 Å². The summed E-state index contributed by atoms with van der Waals surface area (Å²) in [4.78, 5) is 12.3. The summed E-state index contributed by atoms with van der Waals surface area (Å²) in [7, 11) is 0. The van der Waals surface area contributed by atoms with Gasteiger partial charge in [0.15, 0.2) is 0 Å². The van der Waals surface area contributed by atoms with Crippen molar-refractivity contribution in [2.75, 3.05) is 19.6 Å². The van der Waals surface area contributed by atoms with Crippen LogP contribution in [0.15, 0.2) is 36.5 Å². The van der Waals surface area contributed by atoms with Crippen LogP contribution < -0.4 is 10.6 Å².